The molecule has 0 saturated carbocycles. The van der Waals surface area contributed by atoms with E-state index in [1.54, 1.807) is 6.07 Å². The minimum Gasteiger partial charge on any atom is -0.481 e. The van der Waals surface area contributed by atoms with Crippen molar-refractivity contribution >= 4 is 11.9 Å². The van der Waals surface area contributed by atoms with Gasteiger partial charge in [0.2, 0.25) is 0 Å². The average molecular weight is 254 g/mol. The Balaban J connectivity index is 3.01. The first kappa shape index (κ1) is 14.1. The molecule has 6 heteroatoms. The third-order valence-electron chi connectivity index (χ3n) is 2.54. The fraction of sp³-hybridized carbons (Fsp3) is 0.333. The smallest absolute Gasteiger partial charge is 0.337 e. The molecule has 1 aromatic carbocycles. The number of hydrogen-bond donors (Lipinski definition) is 4. The van der Waals surface area contributed by atoms with Crippen LogP contribution in [-0.2, 0) is 22.6 Å². The molecular formula is C12H14O6. The molecule has 98 valence electrons. The van der Waals surface area contributed by atoms with Crippen LogP contribution in [0.25, 0.3) is 0 Å². The molecule has 1 atom stereocenters. The largest absolute Gasteiger partial charge is 0.481 e. The Bertz CT molecular complexity index is 454. The van der Waals surface area contributed by atoms with Gasteiger partial charge in [-0.05, 0) is 23.1 Å². The van der Waals surface area contributed by atoms with Gasteiger partial charge in [0, 0.05) is 6.42 Å². The van der Waals surface area contributed by atoms with Crippen LogP contribution in [-0.4, -0.2) is 32.4 Å². The van der Waals surface area contributed by atoms with E-state index in [4.69, 9.17) is 15.3 Å². The van der Waals surface area contributed by atoms with Gasteiger partial charge in [0.15, 0.2) is 6.10 Å². The van der Waals surface area contributed by atoms with Crippen molar-refractivity contribution in [1.82, 2.24) is 0 Å². The Kier molecular flexibility index (Phi) is 4.82. The highest BCUT2D eigenvalue weighted by Gasteiger charge is 2.19. The second kappa shape index (κ2) is 6.13. The summed E-state index contributed by atoms with van der Waals surface area (Å²) >= 11 is 0. The molecule has 0 bridgehead atoms. The van der Waals surface area contributed by atoms with Crippen molar-refractivity contribution in [3.8, 4) is 0 Å². The number of rotatable bonds is 6. The van der Waals surface area contributed by atoms with Gasteiger partial charge in [0.05, 0.1) is 6.61 Å². The maximum atomic E-state index is 10.7. The Morgan fingerprint density at radius 2 is 1.89 bits per heavy atom. The summed E-state index contributed by atoms with van der Waals surface area (Å²) in [5, 5.41) is 35.8. The third-order valence-corrected chi connectivity index (χ3v) is 2.54. The van der Waals surface area contributed by atoms with Gasteiger partial charge in [-0.1, -0.05) is 18.2 Å². The number of aryl methyl sites for hydroxylation is 1. The summed E-state index contributed by atoms with van der Waals surface area (Å²) in [7, 11) is 0. The lowest BCUT2D eigenvalue weighted by atomic mass is 9.98. The number of hydrogen-bond acceptors (Lipinski definition) is 4. The summed E-state index contributed by atoms with van der Waals surface area (Å²) in [6.45, 7) is -0.390. The van der Waals surface area contributed by atoms with Crippen LogP contribution in [0.15, 0.2) is 18.2 Å². The molecule has 0 aliphatic carbocycles. The van der Waals surface area contributed by atoms with Crippen LogP contribution < -0.4 is 0 Å². The van der Waals surface area contributed by atoms with Crippen molar-refractivity contribution in [3.05, 3.63) is 34.9 Å². The van der Waals surface area contributed by atoms with Gasteiger partial charge in [-0.2, -0.15) is 0 Å². The van der Waals surface area contributed by atoms with Crippen molar-refractivity contribution in [2.75, 3.05) is 0 Å². The minimum absolute atomic E-state index is 0.0823. The van der Waals surface area contributed by atoms with Crippen molar-refractivity contribution in [2.45, 2.75) is 25.6 Å². The number of carbonyl (C=O) groups is 2. The zero-order chi connectivity index (χ0) is 13.7. The predicted octanol–water partition coefficient (Wildman–Crippen LogP) is 0.314. The summed E-state index contributed by atoms with van der Waals surface area (Å²) in [6, 6.07) is 4.50. The Morgan fingerprint density at radius 1 is 1.22 bits per heavy atom. The first-order valence-electron chi connectivity index (χ1n) is 5.31. The number of aliphatic carboxylic acids is 2. The molecule has 0 amide bonds. The second-order valence-electron chi connectivity index (χ2n) is 3.83. The molecule has 0 fully saturated rings. The van der Waals surface area contributed by atoms with E-state index in [1.807, 2.05) is 0 Å². The molecule has 0 aliphatic rings. The minimum atomic E-state index is -1.73. The second-order valence-corrected chi connectivity index (χ2v) is 3.83. The van der Waals surface area contributed by atoms with Gasteiger partial charge in [-0.25, -0.2) is 4.79 Å². The van der Waals surface area contributed by atoms with Crippen molar-refractivity contribution in [2.24, 2.45) is 0 Å². The van der Waals surface area contributed by atoms with E-state index < -0.39 is 18.0 Å². The summed E-state index contributed by atoms with van der Waals surface area (Å²) in [5.74, 6) is -2.37. The SMILES string of the molecule is O=C(O)CCc1ccc(CO)c(C(O)C(=O)O)c1. The van der Waals surface area contributed by atoms with Crippen LogP contribution in [0.4, 0.5) is 0 Å². The molecule has 18 heavy (non-hydrogen) atoms. The number of aliphatic hydroxyl groups is 2. The van der Waals surface area contributed by atoms with E-state index in [0.717, 1.165) is 0 Å². The molecule has 6 nitrogen and oxygen atoms in total. The average Bonchev–Trinajstić information content (AvgIpc) is 2.34. The van der Waals surface area contributed by atoms with Gasteiger partial charge in [0.25, 0.3) is 0 Å². The van der Waals surface area contributed by atoms with Crippen molar-refractivity contribution in [3.63, 3.8) is 0 Å². The summed E-state index contributed by atoms with van der Waals surface area (Å²) in [4.78, 5) is 21.2. The van der Waals surface area contributed by atoms with Gasteiger partial charge < -0.3 is 20.4 Å². The summed E-state index contributed by atoms with van der Waals surface area (Å²) in [6.07, 6.45) is -1.57. The first-order chi connectivity index (χ1) is 8.45. The van der Waals surface area contributed by atoms with Crippen LogP contribution in [0, 0.1) is 0 Å². The molecule has 0 saturated heterocycles. The first-order valence-corrected chi connectivity index (χ1v) is 5.31. The van der Waals surface area contributed by atoms with E-state index in [-0.39, 0.29) is 25.0 Å². The summed E-state index contributed by atoms with van der Waals surface area (Å²) < 4.78 is 0. The van der Waals surface area contributed by atoms with Gasteiger partial charge in [0.1, 0.15) is 0 Å². The lowest BCUT2D eigenvalue weighted by Gasteiger charge is -2.12. The van der Waals surface area contributed by atoms with Crippen LogP contribution in [0.3, 0.4) is 0 Å². The molecule has 0 aromatic heterocycles. The van der Waals surface area contributed by atoms with E-state index in [2.05, 4.69) is 0 Å². The Labute approximate surface area is 103 Å². The van der Waals surface area contributed by atoms with E-state index in [1.165, 1.54) is 12.1 Å². The molecule has 0 aliphatic heterocycles. The van der Waals surface area contributed by atoms with Crippen LogP contribution in [0.1, 0.15) is 29.2 Å². The molecule has 4 N–H and O–H groups in total. The maximum Gasteiger partial charge on any atom is 0.337 e. The van der Waals surface area contributed by atoms with Crippen molar-refractivity contribution in [1.29, 1.82) is 0 Å². The molecule has 0 spiro atoms. The molecule has 1 unspecified atom stereocenters. The zero-order valence-corrected chi connectivity index (χ0v) is 9.54. The lowest BCUT2D eigenvalue weighted by molar-refractivity contribution is -0.147. The number of aliphatic hydroxyl groups excluding tert-OH is 2. The molecular weight excluding hydrogens is 240 g/mol. The fourth-order valence-corrected chi connectivity index (χ4v) is 1.58. The van der Waals surface area contributed by atoms with E-state index >= 15 is 0 Å². The highest BCUT2D eigenvalue weighted by atomic mass is 16.4. The fourth-order valence-electron chi connectivity index (χ4n) is 1.58. The molecule has 0 radical (unpaired) electrons. The Morgan fingerprint density at radius 3 is 2.39 bits per heavy atom. The van der Waals surface area contributed by atoms with Crippen molar-refractivity contribution < 1.29 is 30.0 Å². The van der Waals surface area contributed by atoms with Crippen LogP contribution in [0.2, 0.25) is 0 Å². The zero-order valence-electron chi connectivity index (χ0n) is 9.54. The normalized spacial score (nSPS) is 12.1. The molecule has 0 heterocycles. The highest BCUT2D eigenvalue weighted by molar-refractivity contribution is 5.74. The highest BCUT2D eigenvalue weighted by Crippen LogP contribution is 2.21. The lowest BCUT2D eigenvalue weighted by Crippen LogP contribution is -2.13. The maximum absolute atomic E-state index is 10.7. The van der Waals surface area contributed by atoms with Gasteiger partial charge in [-0.3, -0.25) is 4.79 Å². The molecule has 1 rings (SSSR count). The van der Waals surface area contributed by atoms with E-state index in [0.29, 0.717) is 11.1 Å². The third kappa shape index (κ3) is 3.54. The topological polar surface area (TPSA) is 115 Å². The van der Waals surface area contributed by atoms with Crippen LogP contribution in [0.5, 0.6) is 0 Å². The Hall–Kier alpha value is -1.92. The quantitative estimate of drug-likeness (QED) is 0.581. The molecule has 1 aromatic rings. The van der Waals surface area contributed by atoms with Crippen LogP contribution >= 0.6 is 0 Å². The number of carboxylic acid groups (broad SMARTS) is 2. The van der Waals surface area contributed by atoms with Gasteiger partial charge in [-0.15, -0.1) is 0 Å². The number of benzene rings is 1. The predicted molar refractivity (Wildman–Crippen MR) is 60.9 cm³/mol. The monoisotopic (exact) mass is 254 g/mol. The summed E-state index contributed by atoms with van der Waals surface area (Å²) in [5.41, 5.74) is 1.00. The van der Waals surface area contributed by atoms with Gasteiger partial charge >= 0.3 is 11.9 Å². The number of carboxylic acids is 2. The standard InChI is InChI=1S/C12H14O6/c13-6-8-3-1-7(2-4-10(14)15)5-9(8)11(16)12(17)18/h1,3,5,11,13,16H,2,4,6H2,(H,14,15)(H,17,18). The van der Waals surface area contributed by atoms with E-state index in [9.17, 15) is 14.7 Å².